The highest BCUT2D eigenvalue weighted by Gasteiger charge is 2.28. The Morgan fingerprint density at radius 3 is 2.89 bits per heavy atom. The molecule has 98 valence electrons. The highest BCUT2D eigenvalue weighted by Crippen LogP contribution is 2.28. The first-order valence-electron chi connectivity index (χ1n) is 6.72. The average Bonchev–Trinajstić information content (AvgIpc) is 2.74. The second-order valence-corrected chi connectivity index (χ2v) is 5.92. The molecule has 3 nitrogen and oxygen atoms in total. The van der Waals surface area contributed by atoms with Gasteiger partial charge in [-0.15, -0.1) is 0 Å². The number of anilines is 1. The maximum atomic E-state index is 5.75. The second kappa shape index (κ2) is 4.56. The molecule has 1 atom stereocenters. The van der Waals surface area contributed by atoms with Crippen LogP contribution in [0, 0.1) is 0 Å². The lowest BCUT2D eigenvalue weighted by atomic mass is 9.93. The molecule has 1 saturated heterocycles. The molecule has 2 aliphatic heterocycles. The first-order valence-corrected chi connectivity index (χ1v) is 6.72. The number of hydrogen-bond acceptors (Lipinski definition) is 3. The zero-order chi connectivity index (χ0) is 12.6. The van der Waals surface area contributed by atoms with Crippen LogP contribution in [0.4, 0.5) is 5.69 Å². The third-order valence-electron chi connectivity index (χ3n) is 3.79. The van der Waals surface area contributed by atoms with E-state index in [2.05, 4.69) is 37.4 Å². The maximum absolute atomic E-state index is 5.75. The van der Waals surface area contributed by atoms with Crippen LogP contribution in [-0.2, 0) is 22.7 Å². The molecule has 1 unspecified atom stereocenters. The highest BCUT2D eigenvalue weighted by atomic mass is 16.5. The summed E-state index contributed by atoms with van der Waals surface area (Å²) in [5.74, 6) is 0. The van der Waals surface area contributed by atoms with Crippen molar-refractivity contribution in [1.29, 1.82) is 0 Å². The topological polar surface area (TPSA) is 30.5 Å². The predicted molar refractivity (Wildman–Crippen MR) is 71.6 cm³/mol. The molecule has 0 spiro atoms. The van der Waals surface area contributed by atoms with E-state index < -0.39 is 0 Å². The second-order valence-electron chi connectivity index (χ2n) is 5.92. The first-order chi connectivity index (χ1) is 8.62. The number of ether oxygens (including phenoxy) is 2. The van der Waals surface area contributed by atoms with Crippen LogP contribution in [0.2, 0.25) is 0 Å². The van der Waals surface area contributed by atoms with Gasteiger partial charge < -0.3 is 14.8 Å². The summed E-state index contributed by atoms with van der Waals surface area (Å²) < 4.78 is 11.2. The summed E-state index contributed by atoms with van der Waals surface area (Å²) in [5, 5.41) is 3.63. The Hall–Kier alpha value is -1.06. The summed E-state index contributed by atoms with van der Waals surface area (Å²) in [4.78, 5) is 0. The van der Waals surface area contributed by atoms with E-state index in [1.54, 1.807) is 0 Å². The van der Waals surface area contributed by atoms with E-state index in [0.29, 0.717) is 6.04 Å². The van der Waals surface area contributed by atoms with E-state index >= 15 is 0 Å². The van der Waals surface area contributed by atoms with Gasteiger partial charge >= 0.3 is 0 Å². The van der Waals surface area contributed by atoms with Crippen LogP contribution in [0.3, 0.4) is 0 Å². The Morgan fingerprint density at radius 1 is 1.22 bits per heavy atom. The number of benzene rings is 1. The Labute approximate surface area is 108 Å². The number of rotatable bonds is 2. The van der Waals surface area contributed by atoms with E-state index in [0.717, 1.165) is 32.7 Å². The number of hydrogen-bond donors (Lipinski definition) is 1. The molecule has 0 amide bonds. The van der Waals surface area contributed by atoms with E-state index in [9.17, 15) is 0 Å². The molecule has 1 fully saturated rings. The minimum Gasteiger partial charge on any atom is -0.382 e. The van der Waals surface area contributed by atoms with Crippen LogP contribution in [0.5, 0.6) is 0 Å². The lowest BCUT2D eigenvalue weighted by Crippen LogP contribution is -2.40. The minimum absolute atomic E-state index is 0.00421. The van der Waals surface area contributed by atoms with Crippen molar-refractivity contribution in [1.82, 2.24) is 0 Å². The molecule has 1 aromatic rings. The van der Waals surface area contributed by atoms with E-state index in [1.165, 1.54) is 16.8 Å². The van der Waals surface area contributed by atoms with Crippen molar-refractivity contribution >= 4 is 5.69 Å². The number of nitrogens with one attached hydrogen (secondary N) is 1. The van der Waals surface area contributed by atoms with Crippen molar-refractivity contribution in [2.45, 2.75) is 51.5 Å². The molecular formula is C15H21NO2. The van der Waals surface area contributed by atoms with Gasteiger partial charge in [-0.25, -0.2) is 0 Å². The normalized spacial score (nSPS) is 25.8. The Kier molecular flexibility index (Phi) is 3.04. The van der Waals surface area contributed by atoms with Gasteiger partial charge in [-0.1, -0.05) is 6.07 Å². The van der Waals surface area contributed by atoms with E-state index in [-0.39, 0.29) is 5.60 Å². The molecule has 1 N–H and O–H groups in total. The third-order valence-corrected chi connectivity index (χ3v) is 3.79. The van der Waals surface area contributed by atoms with Crippen molar-refractivity contribution < 1.29 is 9.47 Å². The predicted octanol–water partition coefficient (Wildman–Crippen LogP) is 3.09. The molecule has 1 aromatic carbocycles. The quantitative estimate of drug-likeness (QED) is 0.871. The van der Waals surface area contributed by atoms with Gasteiger partial charge in [0, 0.05) is 18.3 Å². The minimum atomic E-state index is -0.00421. The summed E-state index contributed by atoms with van der Waals surface area (Å²) in [6.07, 6.45) is 2.14. The fourth-order valence-electron chi connectivity index (χ4n) is 2.85. The Balaban J connectivity index is 1.69. The molecule has 2 aliphatic rings. The van der Waals surface area contributed by atoms with Crippen LogP contribution < -0.4 is 5.32 Å². The van der Waals surface area contributed by atoms with Crippen LogP contribution in [0.15, 0.2) is 18.2 Å². The van der Waals surface area contributed by atoms with Crippen molar-refractivity contribution in [3.8, 4) is 0 Å². The lowest BCUT2D eigenvalue weighted by molar-refractivity contribution is -0.0553. The molecule has 2 heterocycles. The van der Waals surface area contributed by atoms with Gasteiger partial charge in [0.05, 0.1) is 18.8 Å². The van der Waals surface area contributed by atoms with Gasteiger partial charge in [-0.3, -0.25) is 0 Å². The fourth-order valence-corrected chi connectivity index (χ4v) is 2.85. The standard InChI is InChI=1S/C15H21NO2/c1-15(2)8-14(5-6-18-15)16-13-4-3-11-9-17-10-12(11)7-13/h3-4,7,14,16H,5-6,8-10H2,1-2H3. The van der Waals surface area contributed by atoms with Gasteiger partial charge in [-0.2, -0.15) is 0 Å². The van der Waals surface area contributed by atoms with E-state index in [1.807, 2.05) is 0 Å². The first kappa shape index (κ1) is 12.0. The van der Waals surface area contributed by atoms with E-state index in [4.69, 9.17) is 9.47 Å². The molecule has 0 aromatic heterocycles. The van der Waals surface area contributed by atoms with Crippen molar-refractivity contribution in [3.05, 3.63) is 29.3 Å². The van der Waals surface area contributed by atoms with Crippen LogP contribution in [0.1, 0.15) is 37.8 Å². The van der Waals surface area contributed by atoms with Gasteiger partial charge in [0.25, 0.3) is 0 Å². The van der Waals surface area contributed by atoms with Gasteiger partial charge in [0.2, 0.25) is 0 Å². The SMILES string of the molecule is CC1(C)CC(Nc2ccc3c(c2)COC3)CCO1. The average molecular weight is 247 g/mol. The van der Waals surface area contributed by atoms with Crippen molar-refractivity contribution in [2.75, 3.05) is 11.9 Å². The molecule has 3 rings (SSSR count). The monoisotopic (exact) mass is 247 g/mol. The molecule has 0 radical (unpaired) electrons. The van der Waals surface area contributed by atoms with Crippen molar-refractivity contribution in [2.24, 2.45) is 0 Å². The van der Waals surface area contributed by atoms with Gasteiger partial charge in [-0.05, 0) is 49.9 Å². The smallest absolute Gasteiger partial charge is 0.0725 e. The summed E-state index contributed by atoms with van der Waals surface area (Å²) in [6.45, 7) is 6.69. The summed E-state index contributed by atoms with van der Waals surface area (Å²) in [6, 6.07) is 7.07. The lowest BCUT2D eigenvalue weighted by Gasteiger charge is -2.36. The zero-order valence-corrected chi connectivity index (χ0v) is 11.2. The molecule has 0 bridgehead atoms. The highest BCUT2D eigenvalue weighted by molar-refractivity contribution is 5.50. The Morgan fingerprint density at radius 2 is 2.06 bits per heavy atom. The molecule has 0 saturated carbocycles. The van der Waals surface area contributed by atoms with Crippen molar-refractivity contribution in [3.63, 3.8) is 0 Å². The summed E-state index contributed by atoms with van der Waals surface area (Å²) in [5.41, 5.74) is 3.86. The largest absolute Gasteiger partial charge is 0.382 e. The molecular weight excluding hydrogens is 226 g/mol. The summed E-state index contributed by atoms with van der Waals surface area (Å²) >= 11 is 0. The van der Waals surface area contributed by atoms with Gasteiger partial charge in [0.15, 0.2) is 0 Å². The number of fused-ring (bicyclic) bond motifs is 1. The third kappa shape index (κ3) is 2.52. The molecule has 3 heteroatoms. The maximum Gasteiger partial charge on any atom is 0.0725 e. The zero-order valence-electron chi connectivity index (χ0n) is 11.2. The van der Waals surface area contributed by atoms with Crippen LogP contribution in [-0.4, -0.2) is 18.2 Å². The summed E-state index contributed by atoms with van der Waals surface area (Å²) in [7, 11) is 0. The molecule has 0 aliphatic carbocycles. The fraction of sp³-hybridized carbons (Fsp3) is 0.600. The molecule has 18 heavy (non-hydrogen) atoms. The van der Waals surface area contributed by atoms with Crippen LogP contribution in [0.25, 0.3) is 0 Å². The Bertz CT molecular complexity index is 442. The van der Waals surface area contributed by atoms with Crippen LogP contribution >= 0.6 is 0 Å². The van der Waals surface area contributed by atoms with Gasteiger partial charge in [0.1, 0.15) is 0 Å².